The number of likely N-dealkylation sites (N-methyl/N-ethyl adjacent to an activating group) is 2. The largest absolute Gasteiger partial charge is 0.340 e. The van der Waals surface area contributed by atoms with Crippen LogP contribution < -0.4 is 5.32 Å². The van der Waals surface area contributed by atoms with Gasteiger partial charge in [-0.1, -0.05) is 35.0 Å². The normalized spacial score (nSPS) is 11.4. The Labute approximate surface area is 118 Å². The molecule has 1 aromatic carbocycles. The van der Waals surface area contributed by atoms with E-state index >= 15 is 0 Å². The predicted molar refractivity (Wildman–Crippen MR) is 78.4 cm³/mol. The molecule has 18 heavy (non-hydrogen) atoms. The van der Waals surface area contributed by atoms with E-state index in [4.69, 9.17) is 0 Å². The van der Waals surface area contributed by atoms with E-state index in [1.807, 2.05) is 52.1 Å². The number of hydrogen-bond acceptors (Lipinski definition) is 2. The van der Waals surface area contributed by atoms with Crippen LogP contribution in [-0.4, -0.2) is 29.9 Å². The summed E-state index contributed by atoms with van der Waals surface area (Å²) in [4.78, 5) is 14.0. The second-order valence-electron chi connectivity index (χ2n) is 4.94. The number of nitrogens with zero attached hydrogens (tertiary/aromatic N) is 1. The molecule has 1 rings (SSSR count). The molecule has 100 valence electrons. The van der Waals surface area contributed by atoms with Crippen LogP contribution in [0.1, 0.15) is 26.3 Å². The maximum atomic E-state index is 12.3. The maximum absolute atomic E-state index is 12.3. The molecule has 0 fully saturated rings. The Bertz CT molecular complexity index is 401. The molecule has 0 unspecified atom stereocenters. The van der Waals surface area contributed by atoms with Gasteiger partial charge < -0.3 is 10.2 Å². The third-order valence-corrected chi connectivity index (χ3v) is 3.36. The molecule has 0 spiro atoms. The summed E-state index contributed by atoms with van der Waals surface area (Å²) in [6.07, 6.45) is 0. The Morgan fingerprint density at radius 3 is 2.39 bits per heavy atom. The van der Waals surface area contributed by atoms with Crippen LogP contribution in [0.2, 0.25) is 0 Å². The van der Waals surface area contributed by atoms with Crippen molar-refractivity contribution < 1.29 is 4.79 Å². The van der Waals surface area contributed by atoms with E-state index in [1.54, 1.807) is 4.90 Å². The number of hydrogen-bond donors (Lipinski definition) is 1. The lowest BCUT2D eigenvalue weighted by Crippen LogP contribution is -2.52. The molecule has 1 N–H and O–H groups in total. The molecule has 0 heterocycles. The van der Waals surface area contributed by atoms with Crippen molar-refractivity contribution >= 4 is 21.8 Å². The van der Waals surface area contributed by atoms with Gasteiger partial charge >= 0.3 is 0 Å². The molecule has 0 aliphatic carbocycles. The first-order chi connectivity index (χ1) is 8.36. The van der Waals surface area contributed by atoms with E-state index in [0.29, 0.717) is 6.54 Å². The minimum absolute atomic E-state index is 0.104. The average molecular weight is 313 g/mol. The zero-order valence-corrected chi connectivity index (χ0v) is 13.0. The van der Waals surface area contributed by atoms with Gasteiger partial charge in [0.25, 0.3) is 0 Å². The molecule has 0 saturated heterocycles. The first-order valence-electron chi connectivity index (χ1n) is 6.12. The third kappa shape index (κ3) is 4.10. The summed E-state index contributed by atoms with van der Waals surface area (Å²) in [5, 5.41) is 3.20. The van der Waals surface area contributed by atoms with Gasteiger partial charge in [-0.3, -0.25) is 4.79 Å². The van der Waals surface area contributed by atoms with Gasteiger partial charge in [0.15, 0.2) is 0 Å². The van der Waals surface area contributed by atoms with Crippen LogP contribution in [0, 0.1) is 0 Å². The Kier molecular flexibility index (Phi) is 5.35. The second kappa shape index (κ2) is 6.34. The van der Waals surface area contributed by atoms with Crippen molar-refractivity contribution in [1.29, 1.82) is 0 Å². The molecule has 4 heteroatoms. The minimum Gasteiger partial charge on any atom is -0.340 e. The fourth-order valence-electron chi connectivity index (χ4n) is 1.93. The van der Waals surface area contributed by atoms with E-state index in [0.717, 1.165) is 16.6 Å². The van der Waals surface area contributed by atoms with Crippen molar-refractivity contribution in [2.75, 3.05) is 13.6 Å². The first kappa shape index (κ1) is 15.2. The summed E-state index contributed by atoms with van der Waals surface area (Å²) in [5.41, 5.74) is 0.611. The van der Waals surface area contributed by atoms with Crippen molar-refractivity contribution in [3.63, 3.8) is 0 Å². The fourth-order valence-corrected chi connectivity index (χ4v) is 2.19. The van der Waals surface area contributed by atoms with Crippen molar-refractivity contribution in [2.45, 2.75) is 32.9 Å². The molecule has 0 saturated carbocycles. The molecule has 1 amide bonds. The lowest BCUT2D eigenvalue weighted by atomic mass is 10.0. The van der Waals surface area contributed by atoms with Gasteiger partial charge in [0.2, 0.25) is 5.91 Å². The summed E-state index contributed by atoms with van der Waals surface area (Å²) in [6, 6.07) is 8.02. The number of halogens is 1. The van der Waals surface area contributed by atoms with Crippen LogP contribution >= 0.6 is 15.9 Å². The lowest BCUT2D eigenvalue weighted by molar-refractivity contribution is -0.136. The van der Waals surface area contributed by atoms with Crippen LogP contribution in [-0.2, 0) is 11.3 Å². The highest BCUT2D eigenvalue weighted by atomic mass is 79.9. The van der Waals surface area contributed by atoms with E-state index in [-0.39, 0.29) is 5.91 Å². The molecule has 0 aliphatic heterocycles. The van der Waals surface area contributed by atoms with Crippen molar-refractivity contribution in [3.05, 3.63) is 34.3 Å². The van der Waals surface area contributed by atoms with Gasteiger partial charge in [-0.25, -0.2) is 0 Å². The average Bonchev–Trinajstić information content (AvgIpc) is 2.31. The second-order valence-corrected chi connectivity index (χ2v) is 5.86. The molecule has 0 bridgehead atoms. The quantitative estimate of drug-likeness (QED) is 0.906. The van der Waals surface area contributed by atoms with E-state index in [9.17, 15) is 4.79 Å². The molecule has 1 aromatic rings. The Hall–Kier alpha value is -0.870. The summed E-state index contributed by atoms with van der Waals surface area (Å²) in [7, 11) is 1.84. The molecule has 0 atom stereocenters. The standard InChI is InChI=1S/C14H21BrN2O/c1-5-16-14(2,3)13(18)17(4)10-11-6-8-12(15)9-7-11/h6-9,16H,5,10H2,1-4H3. The van der Waals surface area contributed by atoms with Crippen molar-refractivity contribution in [2.24, 2.45) is 0 Å². The van der Waals surface area contributed by atoms with E-state index in [2.05, 4.69) is 21.2 Å². The van der Waals surface area contributed by atoms with Crippen LogP contribution in [0.25, 0.3) is 0 Å². The number of carbonyl (C=O) groups excluding carboxylic acids is 1. The number of amides is 1. The lowest BCUT2D eigenvalue weighted by Gasteiger charge is -2.30. The van der Waals surface area contributed by atoms with Gasteiger partial charge in [-0.15, -0.1) is 0 Å². The van der Waals surface area contributed by atoms with Crippen LogP contribution in [0.15, 0.2) is 28.7 Å². The van der Waals surface area contributed by atoms with Crippen molar-refractivity contribution in [1.82, 2.24) is 10.2 Å². The van der Waals surface area contributed by atoms with Crippen LogP contribution in [0.3, 0.4) is 0 Å². The number of rotatable bonds is 5. The molecular weight excluding hydrogens is 292 g/mol. The van der Waals surface area contributed by atoms with E-state index < -0.39 is 5.54 Å². The molecule has 3 nitrogen and oxygen atoms in total. The van der Waals surface area contributed by atoms with Gasteiger partial charge in [0.1, 0.15) is 0 Å². The number of carbonyl (C=O) groups is 1. The molecule has 0 aromatic heterocycles. The fraction of sp³-hybridized carbons (Fsp3) is 0.500. The van der Waals surface area contributed by atoms with Gasteiger partial charge in [0.05, 0.1) is 5.54 Å². The monoisotopic (exact) mass is 312 g/mol. The smallest absolute Gasteiger partial charge is 0.242 e. The summed E-state index contributed by atoms with van der Waals surface area (Å²) < 4.78 is 1.05. The minimum atomic E-state index is -0.515. The topological polar surface area (TPSA) is 32.3 Å². The number of nitrogens with one attached hydrogen (secondary N) is 1. The number of benzene rings is 1. The highest BCUT2D eigenvalue weighted by molar-refractivity contribution is 9.10. The van der Waals surface area contributed by atoms with E-state index in [1.165, 1.54) is 0 Å². The zero-order chi connectivity index (χ0) is 13.8. The van der Waals surface area contributed by atoms with Crippen LogP contribution in [0.5, 0.6) is 0 Å². The van der Waals surface area contributed by atoms with Gasteiger partial charge in [0, 0.05) is 18.1 Å². The summed E-state index contributed by atoms with van der Waals surface area (Å²) >= 11 is 3.40. The SMILES string of the molecule is CCNC(C)(C)C(=O)N(C)Cc1ccc(Br)cc1. The highest BCUT2D eigenvalue weighted by Crippen LogP contribution is 2.14. The summed E-state index contributed by atoms with van der Waals surface area (Å²) in [5.74, 6) is 0.104. The zero-order valence-electron chi connectivity index (χ0n) is 11.5. The Morgan fingerprint density at radius 2 is 1.89 bits per heavy atom. The van der Waals surface area contributed by atoms with Crippen LogP contribution in [0.4, 0.5) is 0 Å². The third-order valence-electron chi connectivity index (χ3n) is 2.83. The molecule has 0 aliphatic rings. The Morgan fingerprint density at radius 1 is 1.33 bits per heavy atom. The predicted octanol–water partition coefficient (Wildman–Crippen LogP) is 2.80. The molecule has 0 radical (unpaired) electrons. The molecular formula is C14H21BrN2O. The highest BCUT2D eigenvalue weighted by Gasteiger charge is 2.29. The maximum Gasteiger partial charge on any atom is 0.242 e. The Balaban J connectivity index is 2.67. The summed E-state index contributed by atoms with van der Waals surface area (Å²) in [6.45, 7) is 7.24. The first-order valence-corrected chi connectivity index (χ1v) is 6.91. The van der Waals surface area contributed by atoms with Gasteiger partial charge in [-0.05, 0) is 38.1 Å². The van der Waals surface area contributed by atoms with Crippen molar-refractivity contribution in [3.8, 4) is 0 Å². The van der Waals surface area contributed by atoms with Gasteiger partial charge in [-0.2, -0.15) is 0 Å².